The number of hydrogen-bond acceptors (Lipinski definition) is 3. The lowest BCUT2D eigenvalue weighted by molar-refractivity contribution is 0.171. The highest BCUT2D eigenvalue weighted by Crippen LogP contribution is 2.57. The Hall–Kier alpha value is -1.06. The molecule has 0 aromatic rings. The zero-order valence-electron chi connectivity index (χ0n) is 9.61. The normalized spacial score (nSPS) is 42.4. The number of rotatable bonds is 1. The first-order valence-corrected chi connectivity index (χ1v) is 6.20. The van der Waals surface area contributed by atoms with Crippen LogP contribution in [0.25, 0.3) is 0 Å². The third kappa shape index (κ3) is 1.43. The van der Waals surface area contributed by atoms with E-state index in [1.165, 1.54) is 38.5 Å². The molecule has 0 radical (unpaired) electrons. The van der Waals surface area contributed by atoms with Crippen molar-refractivity contribution in [1.82, 2.24) is 5.43 Å². The molecule has 3 saturated carbocycles. The van der Waals surface area contributed by atoms with Crippen LogP contribution in [0.15, 0.2) is 5.10 Å². The number of amides is 1. The Balaban J connectivity index is 1.69. The molecular weight excluding hydrogens is 204 g/mol. The van der Waals surface area contributed by atoms with Crippen LogP contribution >= 0.6 is 0 Å². The smallest absolute Gasteiger partial charge is 0.427 e. The largest absolute Gasteiger partial charge is 0.452 e. The van der Waals surface area contributed by atoms with Crippen LogP contribution in [0.2, 0.25) is 0 Å². The number of nitrogens with one attached hydrogen (secondary N) is 1. The minimum absolute atomic E-state index is 0.460. The summed E-state index contributed by atoms with van der Waals surface area (Å²) in [5.41, 5.74) is 3.67. The van der Waals surface area contributed by atoms with Gasteiger partial charge < -0.3 is 4.74 Å². The number of hydrogen-bond donors (Lipinski definition) is 1. The maximum Gasteiger partial charge on any atom is 0.427 e. The second-order valence-electron chi connectivity index (χ2n) is 5.27. The van der Waals surface area contributed by atoms with Crippen LogP contribution in [0.5, 0.6) is 0 Å². The Bertz CT molecular complexity index is 340. The van der Waals surface area contributed by atoms with Gasteiger partial charge in [-0.3, -0.25) is 0 Å². The van der Waals surface area contributed by atoms with E-state index in [-0.39, 0.29) is 0 Å². The number of fused-ring (bicyclic) bond motifs is 5. The molecule has 0 aromatic heterocycles. The molecule has 4 heteroatoms. The lowest BCUT2D eigenvalue weighted by Crippen LogP contribution is -2.27. The third-order valence-electron chi connectivity index (χ3n) is 4.68. The molecule has 0 spiro atoms. The summed E-state index contributed by atoms with van der Waals surface area (Å²) in [6.07, 6.45) is 6.11. The minimum Gasteiger partial charge on any atom is -0.452 e. The number of carbonyl (C=O) groups excluding carboxylic acids is 1. The highest BCUT2D eigenvalue weighted by atomic mass is 16.5. The molecular formula is C12H18N2O2. The molecule has 16 heavy (non-hydrogen) atoms. The van der Waals surface area contributed by atoms with Gasteiger partial charge in [0.2, 0.25) is 0 Å². The van der Waals surface area contributed by atoms with E-state index in [4.69, 9.17) is 0 Å². The summed E-state index contributed by atoms with van der Waals surface area (Å²) < 4.78 is 4.52. The fraction of sp³-hybridized carbons (Fsp3) is 0.833. The summed E-state index contributed by atoms with van der Waals surface area (Å²) in [7, 11) is 1.36. The summed E-state index contributed by atoms with van der Waals surface area (Å²) >= 11 is 0. The van der Waals surface area contributed by atoms with Gasteiger partial charge in [-0.1, -0.05) is 6.42 Å². The molecule has 0 aliphatic heterocycles. The van der Waals surface area contributed by atoms with Crippen molar-refractivity contribution < 1.29 is 9.53 Å². The molecule has 1 amide bonds. The number of carbonyl (C=O) groups is 1. The van der Waals surface area contributed by atoms with Gasteiger partial charge in [-0.25, -0.2) is 10.2 Å². The SMILES string of the molecule is COC(=O)N/N=C1\C[C@H]2C[C@H]1[C@H]1CCC[C@@H]21. The number of methoxy groups -OCH3 is 1. The molecule has 0 aromatic carbocycles. The monoisotopic (exact) mass is 222 g/mol. The number of ether oxygens (including phenoxy) is 1. The highest BCUT2D eigenvalue weighted by molar-refractivity contribution is 5.91. The van der Waals surface area contributed by atoms with Gasteiger partial charge in [0.05, 0.1) is 7.11 Å². The van der Waals surface area contributed by atoms with Crippen LogP contribution in [0.3, 0.4) is 0 Å². The Morgan fingerprint density at radius 2 is 2.25 bits per heavy atom. The van der Waals surface area contributed by atoms with E-state index >= 15 is 0 Å². The molecule has 0 saturated heterocycles. The van der Waals surface area contributed by atoms with Crippen LogP contribution in [0, 0.1) is 23.7 Å². The zero-order chi connectivity index (χ0) is 11.1. The molecule has 4 atom stereocenters. The third-order valence-corrected chi connectivity index (χ3v) is 4.68. The van der Waals surface area contributed by atoms with E-state index in [0.29, 0.717) is 5.92 Å². The molecule has 3 fully saturated rings. The van der Waals surface area contributed by atoms with Crippen molar-refractivity contribution in [2.45, 2.75) is 32.1 Å². The van der Waals surface area contributed by atoms with Gasteiger partial charge >= 0.3 is 6.09 Å². The molecule has 88 valence electrons. The number of nitrogens with zero attached hydrogens (tertiary/aromatic N) is 1. The molecule has 2 bridgehead atoms. The van der Waals surface area contributed by atoms with Crippen molar-refractivity contribution in [3.63, 3.8) is 0 Å². The van der Waals surface area contributed by atoms with Crippen molar-refractivity contribution >= 4 is 11.8 Å². The van der Waals surface area contributed by atoms with Gasteiger partial charge in [-0.05, 0) is 43.4 Å². The van der Waals surface area contributed by atoms with Gasteiger partial charge in [-0.15, -0.1) is 0 Å². The summed E-state index contributed by atoms with van der Waals surface area (Å²) in [5.74, 6) is 3.31. The fourth-order valence-electron chi connectivity index (χ4n) is 4.11. The first-order valence-electron chi connectivity index (χ1n) is 6.20. The maximum atomic E-state index is 11.0. The Labute approximate surface area is 95.4 Å². The maximum absolute atomic E-state index is 11.0. The van der Waals surface area contributed by atoms with Crippen LogP contribution < -0.4 is 5.43 Å². The van der Waals surface area contributed by atoms with E-state index in [1.807, 2.05) is 0 Å². The first-order chi connectivity index (χ1) is 7.79. The van der Waals surface area contributed by atoms with Crippen LogP contribution in [-0.4, -0.2) is 18.9 Å². The summed E-state index contributed by atoms with van der Waals surface area (Å²) in [4.78, 5) is 11.0. The molecule has 3 aliphatic carbocycles. The number of hydrazone groups is 1. The minimum atomic E-state index is -0.460. The van der Waals surface area contributed by atoms with E-state index in [9.17, 15) is 4.79 Å². The Morgan fingerprint density at radius 3 is 3.06 bits per heavy atom. The second-order valence-corrected chi connectivity index (χ2v) is 5.27. The fourth-order valence-corrected chi connectivity index (χ4v) is 4.11. The van der Waals surface area contributed by atoms with Crippen molar-refractivity contribution in [3.05, 3.63) is 0 Å². The van der Waals surface area contributed by atoms with Crippen molar-refractivity contribution in [1.29, 1.82) is 0 Å². The lowest BCUT2D eigenvalue weighted by Gasteiger charge is -2.25. The standard InChI is InChI=1S/C12H18N2O2/c1-16-12(15)14-13-11-6-7-5-10(11)9-4-2-3-8(7)9/h7-10H,2-6H2,1H3,(H,14,15)/b13-11+/t7-,8+,9+,10+/m1/s1. The average Bonchev–Trinajstić information content (AvgIpc) is 2.96. The molecule has 0 unspecified atom stereocenters. The Kier molecular flexibility index (Phi) is 2.37. The van der Waals surface area contributed by atoms with Crippen molar-refractivity contribution in [3.8, 4) is 0 Å². The van der Waals surface area contributed by atoms with Crippen LogP contribution in [-0.2, 0) is 4.74 Å². The Morgan fingerprint density at radius 1 is 1.44 bits per heavy atom. The topological polar surface area (TPSA) is 50.7 Å². The molecule has 3 aliphatic rings. The van der Waals surface area contributed by atoms with E-state index in [1.54, 1.807) is 0 Å². The van der Waals surface area contributed by atoms with Gasteiger partial charge in [0.1, 0.15) is 0 Å². The summed E-state index contributed by atoms with van der Waals surface area (Å²) in [5, 5.41) is 4.23. The second kappa shape index (κ2) is 3.75. The zero-order valence-corrected chi connectivity index (χ0v) is 9.61. The van der Waals surface area contributed by atoms with Gasteiger partial charge in [-0.2, -0.15) is 5.10 Å². The van der Waals surface area contributed by atoms with Gasteiger partial charge in [0.25, 0.3) is 0 Å². The van der Waals surface area contributed by atoms with Crippen molar-refractivity contribution in [2.75, 3.05) is 7.11 Å². The van der Waals surface area contributed by atoms with Crippen LogP contribution in [0.1, 0.15) is 32.1 Å². The summed E-state index contributed by atoms with van der Waals surface area (Å²) in [6.45, 7) is 0. The summed E-state index contributed by atoms with van der Waals surface area (Å²) in [6, 6.07) is 0. The van der Waals surface area contributed by atoms with Gasteiger partial charge in [0, 0.05) is 11.6 Å². The van der Waals surface area contributed by atoms with Gasteiger partial charge in [0.15, 0.2) is 0 Å². The predicted octanol–water partition coefficient (Wildman–Crippen LogP) is 2.15. The first kappa shape index (κ1) is 10.1. The lowest BCUT2D eigenvalue weighted by atomic mass is 9.81. The highest BCUT2D eigenvalue weighted by Gasteiger charge is 2.52. The molecule has 0 heterocycles. The van der Waals surface area contributed by atoms with E-state index in [0.717, 1.165) is 24.2 Å². The predicted molar refractivity (Wildman–Crippen MR) is 60.0 cm³/mol. The molecule has 3 rings (SSSR count). The van der Waals surface area contributed by atoms with E-state index < -0.39 is 6.09 Å². The quantitative estimate of drug-likeness (QED) is 0.691. The molecule has 1 N–H and O–H groups in total. The van der Waals surface area contributed by atoms with E-state index in [2.05, 4.69) is 15.3 Å². The average molecular weight is 222 g/mol. The molecule has 4 nitrogen and oxygen atoms in total. The van der Waals surface area contributed by atoms with Crippen molar-refractivity contribution in [2.24, 2.45) is 28.8 Å². The van der Waals surface area contributed by atoms with Crippen LogP contribution in [0.4, 0.5) is 4.79 Å².